The predicted molar refractivity (Wildman–Crippen MR) is 72.8 cm³/mol. The molecule has 1 amide bonds. The summed E-state index contributed by atoms with van der Waals surface area (Å²) in [5, 5.41) is 20.6. The Morgan fingerprint density at radius 3 is 2.70 bits per heavy atom. The van der Waals surface area contributed by atoms with Crippen molar-refractivity contribution >= 4 is 11.9 Å². The van der Waals surface area contributed by atoms with Crippen LogP contribution in [0.3, 0.4) is 0 Å². The maximum Gasteiger partial charge on any atom is 0.337 e. The number of aliphatic carboxylic acids is 1. The predicted octanol–water partition coefficient (Wildman–Crippen LogP) is 1.04. The first-order valence-electron chi connectivity index (χ1n) is 6.33. The summed E-state index contributed by atoms with van der Waals surface area (Å²) < 4.78 is 5.41. The molecule has 6 heteroatoms. The van der Waals surface area contributed by atoms with Crippen molar-refractivity contribution < 1.29 is 24.5 Å². The molecule has 0 aliphatic rings. The van der Waals surface area contributed by atoms with Gasteiger partial charge in [-0.05, 0) is 31.5 Å². The molecule has 0 aromatic heterocycles. The molecule has 0 saturated heterocycles. The van der Waals surface area contributed by atoms with Crippen molar-refractivity contribution in [2.45, 2.75) is 25.9 Å². The molecular formula is C14H19NO5. The van der Waals surface area contributed by atoms with Gasteiger partial charge in [-0.1, -0.05) is 13.0 Å². The standard InChI is InChI=1S/C14H19NO5/c1-3-7-20-11-6-4-5-10(8-11)12(16)15-9-14(2,19)13(17)18/h4-6,8,19H,3,7,9H2,1-2H3,(H,15,16)(H,17,18). The van der Waals surface area contributed by atoms with Gasteiger partial charge >= 0.3 is 5.97 Å². The van der Waals surface area contributed by atoms with Gasteiger partial charge in [-0.15, -0.1) is 0 Å². The van der Waals surface area contributed by atoms with Gasteiger partial charge in [-0.3, -0.25) is 4.79 Å². The van der Waals surface area contributed by atoms with Crippen LogP contribution >= 0.6 is 0 Å². The van der Waals surface area contributed by atoms with Gasteiger partial charge in [-0.25, -0.2) is 4.79 Å². The Bertz CT molecular complexity index is 484. The zero-order valence-corrected chi connectivity index (χ0v) is 11.5. The summed E-state index contributed by atoms with van der Waals surface area (Å²) in [6.45, 7) is 3.28. The van der Waals surface area contributed by atoms with Crippen molar-refractivity contribution in [3.63, 3.8) is 0 Å². The lowest BCUT2D eigenvalue weighted by atomic mass is 10.1. The number of aliphatic hydroxyl groups is 1. The third kappa shape index (κ3) is 4.55. The average Bonchev–Trinajstić information content (AvgIpc) is 2.42. The zero-order chi connectivity index (χ0) is 15.2. The van der Waals surface area contributed by atoms with Crippen LogP contribution in [0.15, 0.2) is 24.3 Å². The molecule has 0 heterocycles. The van der Waals surface area contributed by atoms with Crippen LogP contribution in [-0.4, -0.2) is 40.8 Å². The number of amides is 1. The summed E-state index contributed by atoms with van der Waals surface area (Å²) in [5.74, 6) is -1.28. The maximum absolute atomic E-state index is 11.9. The van der Waals surface area contributed by atoms with Gasteiger partial charge in [0.15, 0.2) is 5.60 Å². The highest BCUT2D eigenvalue weighted by Gasteiger charge is 2.30. The molecule has 110 valence electrons. The Balaban J connectivity index is 2.66. The van der Waals surface area contributed by atoms with E-state index in [0.717, 1.165) is 13.3 Å². The fourth-order valence-corrected chi connectivity index (χ4v) is 1.38. The monoisotopic (exact) mass is 281 g/mol. The molecule has 20 heavy (non-hydrogen) atoms. The SMILES string of the molecule is CCCOc1cccc(C(=O)NCC(C)(O)C(=O)O)c1. The summed E-state index contributed by atoms with van der Waals surface area (Å²) in [6.07, 6.45) is 0.859. The van der Waals surface area contributed by atoms with E-state index in [4.69, 9.17) is 9.84 Å². The van der Waals surface area contributed by atoms with Crippen LogP contribution in [0.4, 0.5) is 0 Å². The topological polar surface area (TPSA) is 95.9 Å². The van der Waals surface area contributed by atoms with E-state index in [1.807, 2.05) is 6.92 Å². The summed E-state index contributed by atoms with van der Waals surface area (Å²) in [7, 11) is 0. The van der Waals surface area contributed by atoms with Crippen LogP contribution < -0.4 is 10.1 Å². The Hall–Kier alpha value is -2.08. The largest absolute Gasteiger partial charge is 0.494 e. The van der Waals surface area contributed by atoms with E-state index in [9.17, 15) is 14.7 Å². The quantitative estimate of drug-likeness (QED) is 0.694. The zero-order valence-electron chi connectivity index (χ0n) is 11.5. The second kappa shape index (κ2) is 6.91. The van der Waals surface area contributed by atoms with Gasteiger partial charge in [0.2, 0.25) is 0 Å². The minimum absolute atomic E-state index is 0.347. The van der Waals surface area contributed by atoms with Crippen molar-refractivity contribution in [2.75, 3.05) is 13.2 Å². The van der Waals surface area contributed by atoms with Crippen LogP contribution in [0, 0.1) is 0 Å². The van der Waals surface area contributed by atoms with Crippen LogP contribution in [0.2, 0.25) is 0 Å². The average molecular weight is 281 g/mol. The summed E-state index contributed by atoms with van der Waals surface area (Å²) in [5.41, 5.74) is -1.65. The molecule has 0 radical (unpaired) electrons. The molecule has 1 atom stereocenters. The normalized spacial score (nSPS) is 13.3. The molecular weight excluding hydrogens is 262 g/mol. The Morgan fingerprint density at radius 2 is 2.10 bits per heavy atom. The van der Waals surface area contributed by atoms with Gasteiger partial charge in [0.05, 0.1) is 13.2 Å². The van der Waals surface area contributed by atoms with Gasteiger partial charge in [-0.2, -0.15) is 0 Å². The second-order valence-electron chi connectivity index (χ2n) is 4.64. The Kier molecular flexibility index (Phi) is 5.52. The van der Waals surface area contributed by atoms with Gasteiger partial charge in [0.1, 0.15) is 5.75 Å². The fraction of sp³-hybridized carbons (Fsp3) is 0.429. The van der Waals surface area contributed by atoms with Crippen LogP contribution in [0.1, 0.15) is 30.6 Å². The third-order valence-electron chi connectivity index (χ3n) is 2.62. The van der Waals surface area contributed by atoms with E-state index in [0.29, 0.717) is 17.9 Å². The number of ether oxygens (including phenoxy) is 1. The lowest BCUT2D eigenvalue weighted by Gasteiger charge is -2.18. The van der Waals surface area contributed by atoms with Crippen molar-refractivity contribution in [1.29, 1.82) is 0 Å². The van der Waals surface area contributed by atoms with Crippen molar-refractivity contribution in [3.05, 3.63) is 29.8 Å². The summed E-state index contributed by atoms with van der Waals surface area (Å²) >= 11 is 0. The van der Waals surface area contributed by atoms with Gasteiger partial charge in [0, 0.05) is 5.56 Å². The lowest BCUT2D eigenvalue weighted by Crippen LogP contribution is -2.46. The highest BCUT2D eigenvalue weighted by atomic mass is 16.5. The summed E-state index contributed by atoms with van der Waals surface area (Å²) in [6, 6.07) is 6.57. The second-order valence-corrected chi connectivity index (χ2v) is 4.64. The highest BCUT2D eigenvalue weighted by molar-refractivity contribution is 5.95. The lowest BCUT2D eigenvalue weighted by molar-refractivity contribution is -0.155. The first kappa shape index (κ1) is 16.0. The molecule has 0 saturated carbocycles. The van der Waals surface area contributed by atoms with E-state index >= 15 is 0 Å². The molecule has 1 aromatic carbocycles. The number of carboxylic acid groups (broad SMARTS) is 1. The molecule has 0 fully saturated rings. The molecule has 0 bridgehead atoms. The molecule has 0 spiro atoms. The minimum atomic E-state index is -1.99. The smallest absolute Gasteiger partial charge is 0.337 e. The van der Waals surface area contributed by atoms with E-state index in [2.05, 4.69) is 5.32 Å². The van der Waals surface area contributed by atoms with E-state index < -0.39 is 17.5 Å². The van der Waals surface area contributed by atoms with E-state index in [-0.39, 0.29) is 6.54 Å². The summed E-state index contributed by atoms with van der Waals surface area (Å²) in [4.78, 5) is 22.6. The number of carbonyl (C=O) groups is 2. The fourth-order valence-electron chi connectivity index (χ4n) is 1.38. The molecule has 0 aliphatic heterocycles. The van der Waals surface area contributed by atoms with Crippen molar-refractivity contribution in [1.82, 2.24) is 5.32 Å². The minimum Gasteiger partial charge on any atom is -0.494 e. The number of nitrogens with one attached hydrogen (secondary N) is 1. The number of carboxylic acids is 1. The third-order valence-corrected chi connectivity index (χ3v) is 2.62. The molecule has 1 unspecified atom stereocenters. The first-order chi connectivity index (χ1) is 9.36. The Morgan fingerprint density at radius 1 is 1.40 bits per heavy atom. The number of rotatable bonds is 7. The number of benzene rings is 1. The van der Waals surface area contributed by atoms with Gasteiger partial charge < -0.3 is 20.3 Å². The van der Waals surface area contributed by atoms with Crippen molar-refractivity contribution in [2.24, 2.45) is 0 Å². The molecule has 1 aromatic rings. The van der Waals surface area contributed by atoms with Gasteiger partial charge in [0.25, 0.3) is 5.91 Å². The molecule has 3 N–H and O–H groups in total. The van der Waals surface area contributed by atoms with E-state index in [1.165, 1.54) is 0 Å². The van der Waals surface area contributed by atoms with Crippen LogP contribution in [0.25, 0.3) is 0 Å². The Labute approximate surface area is 117 Å². The maximum atomic E-state index is 11.9. The number of hydrogen-bond acceptors (Lipinski definition) is 4. The first-order valence-corrected chi connectivity index (χ1v) is 6.33. The van der Waals surface area contributed by atoms with Crippen LogP contribution in [-0.2, 0) is 4.79 Å². The van der Waals surface area contributed by atoms with Crippen molar-refractivity contribution in [3.8, 4) is 5.75 Å². The highest BCUT2D eigenvalue weighted by Crippen LogP contribution is 2.13. The van der Waals surface area contributed by atoms with Crippen LogP contribution in [0.5, 0.6) is 5.75 Å². The molecule has 0 aliphatic carbocycles. The molecule has 1 rings (SSSR count). The van der Waals surface area contributed by atoms with E-state index in [1.54, 1.807) is 24.3 Å². The number of hydrogen-bond donors (Lipinski definition) is 3. The molecule has 6 nitrogen and oxygen atoms in total. The number of carbonyl (C=O) groups excluding carboxylic acids is 1.